The molecule has 0 unspecified atom stereocenters. The number of methoxy groups -OCH3 is 4. The number of hydrogen-bond donors (Lipinski definition) is 0. The summed E-state index contributed by atoms with van der Waals surface area (Å²) in [7, 11) is 6.18. The first kappa shape index (κ1) is 16.7. The minimum atomic E-state index is -0.304. The van der Waals surface area contributed by atoms with Crippen LogP contribution in [0.15, 0.2) is 18.2 Å². The van der Waals surface area contributed by atoms with Crippen LogP contribution in [0.4, 0.5) is 0 Å². The zero-order valence-electron chi connectivity index (χ0n) is 12.9. The molecule has 0 saturated heterocycles. The third-order valence-corrected chi connectivity index (χ3v) is 4.58. The van der Waals surface area contributed by atoms with E-state index in [-0.39, 0.29) is 12.4 Å². The third kappa shape index (κ3) is 2.92. The van der Waals surface area contributed by atoms with Gasteiger partial charge in [0.15, 0.2) is 0 Å². The van der Waals surface area contributed by atoms with Crippen LogP contribution in [0, 0.1) is 3.57 Å². The molecule has 118 valence electrons. The Kier molecular flexibility index (Phi) is 5.33. The van der Waals surface area contributed by atoms with E-state index in [2.05, 4.69) is 22.6 Å². The Morgan fingerprint density at radius 2 is 1.68 bits per heavy atom. The normalized spacial score (nSPS) is 10.4. The van der Waals surface area contributed by atoms with Gasteiger partial charge in [0.25, 0.3) is 0 Å². The number of halogens is 1. The van der Waals surface area contributed by atoms with Crippen LogP contribution < -0.4 is 14.2 Å². The van der Waals surface area contributed by atoms with E-state index in [1.165, 1.54) is 7.11 Å². The monoisotopic (exact) mass is 416 g/mol. The molecule has 0 aliphatic rings. The van der Waals surface area contributed by atoms with Crippen LogP contribution in [0.25, 0.3) is 10.8 Å². The van der Waals surface area contributed by atoms with E-state index in [0.717, 1.165) is 19.9 Å². The molecule has 0 N–H and O–H groups in total. The molecular formula is C16H17IO5. The van der Waals surface area contributed by atoms with Gasteiger partial charge < -0.3 is 18.9 Å². The lowest BCUT2D eigenvalue weighted by atomic mass is 10.0. The van der Waals surface area contributed by atoms with Crippen LogP contribution in [-0.2, 0) is 16.0 Å². The van der Waals surface area contributed by atoms with Gasteiger partial charge >= 0.3 is 5.97 Å². The van der Waals surface area contributed by atoms with Crippen molar-refractivity contribution in [3.63, 3.8) is 0 Å². The quantitative estimate of drug-likeness (QED) is 0.554. The molecule has 2 aromatic carbocycles. The summed E-state index contributed by atoms with van der Waals surface area (Å²) in [5.41, 5.74) is 0.823. The highest BCUT2D eigenvalue weighted by atomic mass is 127. The van der Waals surface area contributed by atoms with E-state index in [1.807, 2.05) is 18.2 Å². The molecule has 22 heavy (non-hydrogen) atoms. The molecule has 0 aliphatic carbocycles. The summed E-state index contributed by atoms with van der Waals surface area (Å²) in [4.78, 5) is 11.6. The fraction of sp³-hybridized carbons (Fsp3) is 0.312. The van der Waals surface area contributed by atoms with Gasteiger partial charge in [0.1, 0.15) is 17.2 Å². The van der Waals surface area contributed by atoms with E-state index < -0.39 is 0 Å². The molecule has 0 atom stereocenters. The Labute approximate surface area is 142 Å². The Hall–Kier alpha value is -1.70. The molecule has 0 bridgehead atoms. The minimum Gasteiger partial charge on any atom is -0.496 e. The topological polar surface area (TPSA) is 54.0 Å². The lowest BCUT2D eigenvalue weighted by Gasteiger charge is -2.17. The van der Waals surface area contributed by atoms with Crippen molar-refractivity contribution in [3.8, 4) is 17.2 Å². The van der Waals surface area contributed by atoms with Crippen molar-refractivity contribution in [1.29, 1.82) is 0 Å². The average molecular weight is 416 g/mol. The summed E-state index contributed by atoms with van der Waals surface area (Å²) in [5.74, 6) is 1.74. The van der Waals surface area contributed by atoms with Crippen molar-refractivity contribution < 1.29 is 23.7 Å². The van der Waals surface area contributed by atoms with E-state index in [9.17, 15) is 4.79 Å². The Morgan fingerprint density at radius 3 is 2.23 bits per heavy atom. The first-order valence-corrected chi connectivity index (χ1v) is 7.62. The lowest BCUT2D eigenvalue weighted by molar-refractivity contribution is -0.139. The van der Waals surface area contributed by atoms with Gasteiger partial charge in [-0.3, -0.25) is 4.79 Å². The van der Waals surface area contributed by atoms with Crippen molar-refractivity contribution in [3.05, 3.63) is 27.3 Å². The van der Waals surface area contributed by atoms with Crippen LogP contribution >= 0.6 is 22.6 Å². The Balaban J connectivity index is 2.81. The number of benzene rings is 2. The Bertz CT molecular complexity index is 711. The van der Waals surface area contributed by atoms with Gasteiger partial charge in [-0.1, -0.05) is 0 Å². The predicted octanol–water partition coefficient (Wildman–Crippen LogP) is 3.19. The van der Waals surface area contributed by atoms with Gasteiger partial charge in [-0.25, -0.2) is 0 Å². The molecule has 0 saturated carbocycles. The van der Waals surface area contributed by atoms with Gasteiger partial charge in [0.2, 0.25) is 0 Å². The zero-order chi connectivity index (χ0) is 16.3. The smallest absolute Gasteiger partial charge is 0.310 e. The molecule has 6 heteroatoms. The molecule has 2 aromatic rings. The van der Waals surface area contributed by atoms with E-state index >= 15 is 0 Å². The van der Waals surface area contributed by atoms with Crippen LogP contribution in [0.3, 0.4) is 0 Å². The van der Waals surface area contributed by atoms with Crippen molar-refractivity contribution >= 4 is 39.3 Å². The molecule has 2 rings (SSSR count). The first-order chi connectivity index (χ1) is 10.6. The van der Waals surface area contributed by atoms with Crippen molar-refractivity contribution in [2.24, 2.45) is 0 Å². The van der Waals surface area contributed by atoms with Gasteiger partial charge in [0.05, 0.1) is 43.8 Å². The van der Waals surface area contributed by atoms with Gasteiger partial charge in [-0.2, -0.15) is 0 Å². The van der Waals surface area contributed by atoms with E-state index in [1.54, 1.807) is 21.3 Å². The van der Waals surface area contributed by atoms with Crippen molar-refractivity contribution in [2.45, 2.75) is 6.42 Å². The number of rotatable bonds is 5. The summed E-state index contributed by atoms with van der Waals surface area (Å²) in [6, 6.07) is 5.58. The molecule has 0 amide bonds. The minimum absolute atomic E-state index is 0.168. The average Bonchev–Trinajstić information content (AvgIpc) is 2.54. The van der Waals surface area contributed by atoms with E-state index in [4.69, 9.17) is 18.9 Å². The second-order valence-corrected chi connectivity index (χ2v) is 5.61. The maximum Gasteiger partial charge on any atom is 0.310 e. The lowest BCUT2D eigenvalue weighted by Crippen LogP contribution is -2.07. The maximum absolute atomic E-state index is 11.6. The fourth-order valence-corrected chi connectivity index (χ4v) is 3.18. The summed E-state index contributed by atoms with van der Waals surface area (Å²) >= 11 is 2.17. The maximum atomic E-state index is 11.6. The first-order valence-electron chi connectivity index (χ1n) is 6.54. The number of fused-ring (bicyclic) bond motifs is 1. The Morgan fingerprint density at radius 1 is 1.05 bits per heavy atom. The molecule has 0 fully saturated rings. The number of carbonyl (C=O) groups is 1. The van der Waals surface area contributed by atoms with E-state index in [0.29, 0.717) is 17.2 Å². The van der Waals surface area contributed by atoms with Gasteiger partial charge in [0, 0.05) is 5.39 Å². The summed E-state index contributed by atoms with van der Waals surface area (Å²) in [6.45, 7) is 0. The van der Waals surface area contributed by atoms with Crippen LogP contribution in [-0.4, -0.2) is 34.4 Å². The summed E-state index contributed by atoms with van der Waals surface area (Å²) < 4.78 is 22.0. The van der Waals surface area contributed by atoms with Crippen LogP contribution in [0.1, 0.15) is 5.56 Å². The van der Waals surface area contributed by atoms with Crippen LogP contribution in [0.2, 0.25) is 0 Å². The predicted molar refractivity (Wildman–Crippen MR) is 92.0 cm³/mol. The number of carbonyl (C=O) groups excluding carboxylic acids is 1. The van der Waals surface area contributed by atoms with Gasteiger partial charge in [-0.05, 0) is 46.4 Å². The van der Waals surface area contributed by atoms with Crippen LogP contribution in [0.5, 0.6) is 17.2 Å². The number of hydrogen-bond acceptors (Lipinski definition) is 5. The highest BCUT2D eigenvalue weighted by Gasteiger charge is 2.20. The third-order valence-electron chi connectivity index (χ3n) is 3.40. The number of ether oxygens (including phenoxy) is 4. The summed E-state index contributed by atoms with van der Waals surface area (Å²) in [6.07, 6.45) is 0.168. The van der Waals surface area contributed by atoms with Crippen molar-refractivity contribution in [1.82, 2.24) is 0 Å². The standard InChI is InChI=1S/C16H17IO5/c1-19-11-5-6-12(20-2)14-10(11)7-9(8-13(18)21-3)15(17)16(14)22-4/h5-7H,8H2,1-4H3. The summed E-state index contributed by atoms with van der Waals surface area (Å²) in [5, 5.41) is 1.65. The number of esters is 1. The molecule has 0 heterocycles. The van der Waals surface area contributed by atoms with Crippen molar-refractivity contribution in [2.75, 3.05) is 28.4 Å². The largest absolute Gasteiger partial charge is 0.496 e. The molecule has 0 aromatic heterocycles. The zero-order valence-corrected chi connectivity index (χ0v) is 15.0. The SMILES string of the molecule is COC(=O)Cc1cc2c(OC)ccc(OC)c2c(OC)c1I. The molecular weight excluding hydrogens is 399 g/mol. The fourth-order valence-electron chi connectivity index (χ4n) is 2.35. The molecule has 0 radical (unpaired) electrons. The molecule has 0 spiro atoms. The highest BCUT2D eigenvalue weighted by molar-refractivity contribution is 14.1. The molecule has 0 aliphatic heterocycles. The van der Waals surface area contributed by atoms with Gasteiger partial charge in [-0.15, -0.1) is 0 Å². The molecule has 5 nitrogen and oxygen atoms in total. The second kappa shape index (κ2) is 7.04. The second-order valence-electron chi connectivity index (χ2n) is 4.53. The highest BCUT2D eigenvalue weighted by Crippen LogP contribution is 2.43.